The molecule has 1 aliphatic rings. The van der Waals surface area contributed by atoms with Gasteiger partial charge < -0.3 is 10.2 Å². The SMILES string of the molecule is C=CC(CCN(c1nc2oc(-c3ccc(C)cc3)c(C(N)=O)c2cc1CC1CC1)S(=O)O)c1ccccc1. The second-order valence-corrected chi connectivity index (χ2v) is 10.8. The molecule has 2 aromatic carbocycles. The fraction of sp³-hybridized carbons (Fsp3) is 0.267. The predicted octanol–water partition coefficient (Wildman–Crippen LogP) is 6.16. The van der Waals surface area contributed by atoms with Crippen LogP contribution in [0.15, 0.2) is 77.7 Å². The lowest BCUT2D eigenvalue weighted by molar-refractivity contribution is 0.100. The summed E-state index contributed by atoms with van der Waals surface area (Å²) in [7, 11) is 0. The topological polar surface area (TPSA) is 110 Å². The van der Waals surface area contributed by atoms with Gasteiger partial charge in [0.1, 0.15) is 11.6 Å². The van der Waals surface area contributed by atoms with Crippen LogP contribution in [-0.2, 0) is 17.7 Å². The molecule has 2 atom stereocenters. The smallest absolute Gasteiger partial charge is 0.263 e. The normalized spacial score (nSPS) is 14.8. The summed E-state index contributed by atoms with van der Waals surface area (Å²) >= 11 is -2.32. The molecule has 2 aromatic heterocycles. The molecular formula is C30H31N3O4S. The van der Waals surface area contributed by atoms with Crippen LogP contribution in [0.1, 0.15) is 52.2 Å². The van der Waals surface area contributed by atoms with Crippen LogP contribution in [0.2, 0.25) is 0 Å². The third-order valence-corrected chi connectivity index (χ3v) is 7.82. The van der Waals surface area contributed by atoms with Crippen molar-refractivity contribution in [2.45, 2.75) is 38.5 Å². The van der Waals surface area contributed by atoms with Gasteiger partial charge in [-0.1, -0.05) is 66.2 Å². The molecule has 1 amide bonds. The van der Waals surface area contributed by atoms with Crippen molar-refractivity contribution in [2.75, 3.05) is 10.8 Å². The van der Waals surface area contributed by atoms with E-state index >= 15 is 0 Å². The zero-order chi connectivity index (χ0) is 26.8. The maximum absolute atomic E-state index is 12.6. The van der Waals surface area contributed by atoms with Gasteiger partial charge in [0, 0.05) is 18.0 Å². The molecule has 4 aromatic rings. The number of benzene rings is 2. The fourth-order valence-corrected chi connectivity index (χ4v) is 5.41. The number of aryl methyl sites for hydroxylation is 1. The molecule has 38 heavy (non-hydrogen) atoms. The minimum atomic E-state index is -2.32. The average molecular weight is 530 g/mol. The van der Waals surface area contributed by atoms with E-state index in [1.165, 1.54) is 4.31 Å². The van der Waals surface area contributed by atoms with Crippen molar-refractivity contribution < 1.29 is 18.0 Å². The minimum absolute atomic E-state index is 0.0103. The number of allylic oxidation sites excluding steroid dienone is 1. The van der Waals surface area contributed by atoms with E-state index in [4.69, 9.17) is 15.1 Å². The first-order chi connectivity index (χ1) is 18.4. The van der Waals surface area contributed by atoms with E-state index in [-0.39, 0.29) is 23.7 Å². The van der Waals surface area contributed by atoms with Gasteiger partial charge in [-0.25, -0.2) is 4.21 Å². The van der Waals surface area contributed by atoms with E-state index < -0.39 is 17.2 Å². The number of primary amides is 1. The number of nitrogens with two attached hydrogens (primary N) is 1. The van der Waals surface area contributed by atoms with Crippen molar-refractivity contribution in [1.82, 2.24) is 4.98 Å². The van der Waals surface area contributed by atoms with Gasteiger partial charge in [0.2, 0.25) is 5.71 Å². The molecule has 0 bridgehead atoms. The maximum atomic E-state index is 12.6. The van der Waals surface area contributed by atoms with Gasteiger partial charge in [-0.15, -0.1) is 6.58 Å². The largest absolute Gasteiger partial charge is 0.437 e. The number of carbonyl (C=O) groups excluding carboxylic acids is 1. The Balaban J connectivity index is 1.58. The molecule has 7 nitrogen and oxygen atoms in total. The van der Waals surface area contributed by atoms with E-state index in [2.05, 4.69) is 6.58 Å². The lowest BCUT2D eigenvalue weighted by Crippen LogP contribution is -2.29. The molecule has 0 aliphatic heterocycles. The van der Waals surface area contributed by atoms with Crippen molar-refractivity contribution >= 4 is 34.1 Å². The van der Waals surface area contributed by atoms with E-state index in [1.54, 1.807) is 0 Å². The average Bonchev–Trinajstić information content (AvgIpc) is 3.64. The number of hydrogen-bond acceptors (Lipinski definition) is 4. The lowest BCUT2D eigenvalue weighted by atomic mass is 9.96. The van der Waals surface area contributed by atoms with Crippen LogP contribution >= 0.6 is 0 Å². The van der Waals surface area contributed by atoms with E-state index in [0.29, 0.717) is 41.3 Å². The number of anilines is 1. The van der Waals surface area contributed by atoms with Gasteiger partial charge in [0.15, 0.2) is 0 Å². The van der Waals surface area contributed by atoms with Gasteiger partial charge in [-0.05, 0) is 55.7 Å². The van der Waals surface area contributed by atoms with Gasteiger partial charge in [-0.2, -0.15) is 4.98 Å². The highest BCUT2D eigenvalue weighted by molar-refractivity contribution is 7.80. The van der Waals surface area contributed by atoms with Crippen molar-refractivity contribution in [2.24, 2.45) is 11.7 Å². The van der Waals surface area contributed by atoms with Crippen LogP contribution in [0, 0.1) is 12.8 Å². The molecule has 5 rings (SSSR count). The maximum Gasteiger partial charge on any atom is 0.263 e. The summed E-state index contributed by atoms with van der Waals surface area (Å²) in [6.45, 7) is 6.23. The third kappa shape index (κ3) is 5.42. The molecule has 1 fully saturated rings. The second kappa shape index (κ2) is 10.9. The van der Waals surface area contributed by atoms with Crippen LogP contribution in [0.3, 0.4) is 0 Å². The summed E-state index contributed by atoms with van der Waals surface area (Å²) in [5, 5.41) is 0.518. The molecule has 0 saturated heterocycles. The van der Waals surface area contributed by atoms with Crippen LogP contribution in [0.5, 0.6) is 0 Å². The summed E-state index contributed by atoms with van der Waals surface area (Å²) in [5.74, 6) is 0.623. The Morgan fingerprint density at radius 1 is 1.24 bits per heavy atom. The van der Waals surface area contributed by atoms with Crippen molar-refractivity contribution in [3.63, 3.8) is 0 Å². The van der Waals surface area contributed by atoms with Crippen molar-refractivity contribution in [1.29, 1.82) is 0 Å². The Labute approximate surface area is 224 Å². The molecule has 1 aliphatic carbocycles. The summed E-state index contributed by atoms with van der Waals surface area (Å²) in [5.41, 5.74) is 9.98. The standard InChI is InChI=1S/C30H31N3O4S/c1-3-21(22-7-5-4-6-8-22)15-16-33(38(35)36)29-24(17-20-11-12-20)18-25-26(28(31)34)27(37-30(25)32-29)23-13-9-19(2)10-14-23/h3-10,13-14,18,20-21H,1,11-12,15-17H2,2H3,(H2,31,34)(H,35,36). The third-order valence-electron chi connectivity index (χ3n) is 7.08. The first-order valence-electron chi connectivity index (χ1n) is 12.7. The number of nitrogens with zero attached hydrogens (tertiary/aromatic N) is 2. The summed E-state index contributed by atoms with van der Waals surface area (Å²) in [6, 6.07) is 19.4. The number of carbonyl (C=O) groups is 1. The lowest BCUT2D eigenvalue weighted by Gasteiger charge is -2.23. The summed E-state index contributed by atoms with van der Waals surface area (Å²) < 4.78 is 30.5. The highest BCUT2D eigenvalue weighted by Gasteiger charge is 2.29. The molecule has 3 N–H and O–H groups in total. The Hall–Kier alpha value is -3.75. The van der Waals surface area contributed by atoms with Crippen LogP contribution in [-0.4, -0.2) is 26.2 Å². The van der Waals surface area contributed by atoms with Crippen LogP contribution in [0.25, 0.3) is 22.4 Å². The molecule has 196 valence electrons. The number of rotatable bonds is 11. The Morgan fingerprint density at radius 3 is 2.55 bits per heavy atom. The number of furan rings is 1. The number of aromatic nitrogens is 1. The van der Waals surface area contributed by atoms with Gasteiger partial charge >= 0.3 is 0 Å². The van der Waals surface area contributed by atoms with Crippen LogP contribution < -0.4 is 10.0 Å². The van der Waals surface area contributed by atoms with Gasteiger partial charge in [0.25, 0.3) is 17.2 Å². The number of pyridine rings is 1. The first-order valence-corrected chi connectivity index (χ1v) is 13.8. The van der Waals surface area contributed by atoms with E-state index in [1.807, 2.05) is 73.7 Å². The highest BCUT2D eigenvalue weighted by Crippen LogP contribution is 2.40. The zero-order valence-electron chi connectivity index (χ0n) is 21.3. The second-order valence-electron chi connectivity index (χ2n) is 9.88. The van der Waals surface area contributed by atoms with E-state index in [0.717, 1.165) is 29.5 Å². The van der Waals surface area contributed by atoms with Crippen molar-refractivity contribution in [3.05, 3.63) is 95.6 Å². The fourth-order valence-electron chi connectivity index (χ4n) is 4.84. The first kappa shape index (κ1) is 25.9. The highest BCUT2D eigenvalue weighted by atomic mass is 32.2. The molecule has 0 spiro atoms. The van der Waals surface area contributed by atoms with Gasteiger partial charge in [-0.3, -0.25) is 13.7 Å². The minimum Gasteiger partial charge on any atom is -0.437 e. The Kier molecular flexibility index (Phi) is 7.44. The molecule has 2 heterocycles. The van der Waals surface area contributed by atoms with E-state index in [9.17, 15) is 13.6 Å². The molecular weight excluding hydrogens is 498 g/mol. The summed E-state index contributed by atoms with van der Waals surface area (Å²) in [4.78, 5) is 17.3. The van der Waals surface area contributed by atoms with Crippen LogP contribution in [0.4, 0.5) is 5.82 Å². The number of fused-ring (bicyclic) bond motifs is 1. The molecule has 0 radical (unpaired) electrons. The number of amides is 1. The zero-order valence-corrected chi connectivity index (χ0v) is 22.1. The molecule has 1 saturated carbocycles. The Bertz CT molecular complexity index is 1490. The Morgan fingerprint density at radius 2 is 1.95 bits per heavy atom. The molecule has 2 unspecified atom stereocenters. The van der Waals surface area contributed by atoms with Crippen molar-refractivity contribution in [3.8, 4) is 11.3 Å². The summed E-state index contributed by atoms with van der Waals surface area (Å²) in [6.07, 6.45) is 5.30. The predicted molar refractivity (Wildman–Crippen MR) is 151 cm³/mol. The number of hydrogen-bond donors (Lipinski definition) is 2. The quantitative estimate of drug-likeness (QED) is 0.179. The van der Waals surface area contributed by atoms with Gasteiger partial charge in [0.05, 0.1) is 10.9 Å². The monoisotopic (exact) mass is 529 g/mol. The molecule has 8 heteroatoms.